The first-order chi connectivity index (χ1) is 11.1. The van der Waals surface area contributed by atoms with E-state index in [0.717, 1.165) is 23.3 Å². The van der Waals surface area contributed by atoms with Crippen LogP contribution in [-0.4, -0.2) is 0 Å². The number of hydrogen-bond acceptors (Lipinski definition) is 1. The average molecular weight is 331 g/mol. The van der Waals surface area contributed by atoms with Crippen LogP contribution in [0.25, 0.3) is 11.1 Å². The Kier molecular flexibility index (Phi) is 4.58. The zero-order chi connectivity index (χ0) is 16.2. The van der Waals surface area contributed by atoms with Crippen molar-refractivity contribution in [2.75, 3.05) is 0 Å². The van der Waals surface area contributed by atoms with E-state index in [-0.39, 0.29) is 17.2 Å². The molecule has 4 heteroatoms. The third-order valence-corrected chi connectivity index (χ3v) is 3.87. The molecule has 0 aliphatic heterocycles. The van der Waals surface area contributed by atoms with E-state index >= 15 is 0 Å². The highest BCUT2D eigenvalue weighted by atomic mass is 35.5. The van der Waals surface area contributed by atoms with Gasteiger partial charge in [0.05, 0.1) is 5.02 Å². The Hall–Kier alpha value is -2.39. The Balaban J connectivity index is 1.81. The lowest BCUT2D eigenvalue weighted by atomic mass is 10.1. The van der Waals surface area contributed by atoms with Crippen molar-refractivity contribution in [3.63, 3.8) is 0 Å². The highest BCUT2D eigenvalue weighted by Gasteiger charge is 2.12. The summed E-state index contributed by atoms with van der Waals surface area (Å²) in [4.78, 5) is 0. The van der Waals surface area contributed by atoms with Gasteiger partial charge in [0.1, 0.15) is 24.0 Å². The molecule has 3 rings (SSSR count). The van der Waals surface area contributed by atoms with Crippen LogP contribution in [0.5, 0.6) is 5.75 Å². The molecule has 1 nitrogen and oxygen atoms in total. The first-order valence-electron chi connectivity index (χ1n) is 7.06. The molecule has 0 N–H and O–H groups in total. The van der Waals surface area contributed by atoms with Gasteiger partial charge < -0.3 is 4.74 Å². The van der Waals surface area contributed by atoms with Crippen LogP contribution in [0, 0.1) is 11.6 Å². The molecular formula is C19H13ClF2O. The lowest BCUT2D eigenvalue weighted by Crippen LogP contribution is -2.01. The van der Waals surface area contributed by atoms with Gasteiger partial charge in [-0.3, -0.25) is 0 Å². The molecule has 0 amide bonds. The van der Waals surface area contributed by atoms with E-state index < -0.39 is 11.6 Å². The second kappa shape index (κ2) is 6.80. The van der Waals surface area contributed by atoms with Gasteiger partial charge in [0.2, 0.25) is 0 Å². The molecule has 0 unspecified atom stereocenters. The van der Waals surface area contributed by atoms with Crippen LogP contribution in [0.1, 0.15) is 5.56 Å². The van der Waals surface area contributed by atoms with Crippen LogP contribution in [0.15, 0.2) is 66.7 Å². The predicted molar refractivity (Wildman–Crippen MR) is 87.6 cm³/mol. The fraction of sp³-hybridized carbons (Fsp3) is 0.0526. The largest absolute Gasteiger partial charge is 0.489 e. The molecular weight excluding hydrogens is 318 g/mol. The van der Waals surface area contributed by atoms with E-state index in [1.165, 1.54) is 0 Å². The number of benzene rings is 3. The SMILES string of the molecule is Fc1ccc(F)c(COc2cccc(-c3ccccc3)c2)c1Cl. The first-order valence-corrected chi connectivity index (χ1v) is 7.43. The van der Waals surface area contributed by atoms with Gasteiger partial charge in [-0.1, -0.05) is 54.1 Å². The first kappa shape index (κ1) is 15.5. The van der Waals surface area contributed by atoms with Crippen molar-refractivity contribution < 1.29 is 13.5 Å². The van der Waals surface area contributed by atoms with Gasteiger partial charge >= 0.3 is 0 Å². The predicted octanol–water partition coefficient (Wildman–Crippen LogP) is 5.86. The van der Waals surface area contributed by atoms with Crippen LogP contribution in [-0.2, 0) is 6.61 Å². The normalized spacial score (nSPS) is 10.6. The molecule has 0 saturated carbocycles. The van der Waals surface area contributed by atoms with E-state index in [9.17, 15) is 8.78 Å². The third-order valence-electron chi connectivity index (χ3n) is 3.46. The van der Waals surface area contributed by atoms with Gasteiger partial charge in [0, 0.05) is 5.56 Å². The van der Waals surface area contributed by atoms with Crippen LogP contribution < -0.4 is 4.74 Å². The van der Waals surface area contributed by atoms with Crippen LogP contribution in [0.2, 0.25) is 5.02 Å². The van der Waals surface area contributed by atoms with Gasteiger partial charge in [-0.15, -0.1) is 0 Å². The topological polar surface area (TPSA) is 9.23 Å². The molecule has 0 aliphatic carbocycles. The Morgan fingerprint density at radius 1 is 0.783 bits per heavy atom. The van der Waals surface area contributed by atoms with Crippen molar-refractivity contribution in [1.82, 2.24) is 0 Å². The summed E-state index contributed by atoms with van der Waals surface area (Å²) in [6, 6.07) is 19.3. The Morgan fingerprint density at radius 2 is 1.48 bits per heavy atom. The number of halogens is 3. The maximum atomic E-state index is 13.7. The minimum absolute atomic E-state index is 0.0109. The Bertz CT molecular complexity index is 819. The molecule has 0 heterocycles. The Morgan fingerprint density at radius 3 is 2.26 bits per heavy atom. The van der Waals surface area contributed by atoms with Gasteiger partial charge in [0.25, 0.3) is 0 Å². The molecule has 3 aromatic rings. The van der Waals surface area contributed by atoms with Crippen molar-refractivity contribution in [2.45, 2.75) is 6.61 Å². The summed E-state index contributed by atoms with van der Waals surface area (Å²) >= 11 is 5.80. The highest BCUT2D eigenvalue weighted by Crippen LogP contribution is 2.27. The Labute approximate surface area is 138 Å². The zero-order valence-corrected chi connectivity index (χ0v) is 12.9. The number of ether oxygens (including phenoxy) is 1. The fourth-order valence-corrected chi connectivity index (χ4v) is 2.46. The van der Waals surface area contributed by atoms with Crippen LogP contribution in [0.3, 0.4) is 0 Å². The summed E-state index contributed by atoms with van der Waals surface area (Å²) in [5.74, 6) is -0.689. The molecule has 0 radical (unpaired) electrons. The quantitative estimate of drug-likeness (QED) is 0.544. The smallest absolute Gasteiger partial charge is 0.142 e. The van der Waals surface area contributed by atoms with Crippen LogP contribution >= 0.6 is 11.6 Å². The van der Waals surface area contributed by atoms with Gasteiger partial charge in [-0.05, 0) is 35.4 Å². The van der Waals surface area contributed by atoms with Gasteiger partial charge in [0.15, 0.2) is 0 Å². The van der Waals surface area contributed by atoms with E-state index in [2.05, 4.69) is 0 Å². The van der Waals surface area contributed by atoms with Crippen molar-refractivity contribution in [3.05, 3.63) is 89.0 Å². The average Bonchev–Trinajstić information content (AvgIpc) is 2.59. The second-order valence-electron chi connectivity index (χ2n) is 5.00. The summed E-state index contributed by atoms with van der Waals surface area (Å²) < 4.78 is 32.7. The summed E-state index contributed by atoms with van der Waals surface area (Å²) in [6.07, 6.45) is 0. The van der Waals surface area contributed by atoms with Gasteiger partial charge in [-0.2, -0.15) is 0 Å². The minimum atomic E-state index is -0.662. The molecule has 23 heavy (non-hydrogen) atoms. The van der Waals surface area contributed by atoms with Gasteiger partial charge in [-0.25, -0.2) is 8.78 Å². The molecule has 0 fully saturated rings. The third kappa shape index (κ3) is 3.51. The lowest BCUT2D eigenvalue weighted by Gasteiger charge is -2.10. The maximum absolute atomic E-state index is 13.7. The lowest BCUT2D eigenvalue weighted by molar-refractivity contribution is 0.299. The number of hydrogen-bond donors (Lipinski definition) is 0. The fourth-order valence-electron chi connectivity index (χ4n) is 2.25. The van der Waals surface area contributed by atoms with Crippen molar-refractivity contribution in [1.29, 1.82) is 0 Å². The summed E-state index contributed by atoms with van der Waals surface area (Å²) in [7, 11) is 0. The molecule has 0 bridgehead atoms. The second-order valence-corrected chi connectivity index (χ2v) is 5.38. The minimum Gasteiger partial charge on any atom is -0.489 e. The molecule has 0 aliphatic rings. The van der Waals surface area contributed by atoms with E-state index in [1.54, 1.807) is 6.07 Å². The van der Waals surface area contributed by atoms with E-state index in [0.29, 0.717) is 5.75 Å². The zero-order valence-electron chi connectivity index (χ0n) is 12.1. The number of rotatable bonds is 4. The standard InChI is InChI=1S/C19H13ClF2O/c20-19-16(17(21)9-10-18(19)22)12-23-15-8-4-7-14(11-15)13-5-2-1-3-6-13/h1-11H,12H2. The molecule has 0 atom stereocenters. The molecule has 3 aromatic carbocycles. The van der Waals surface area contributed by atoms with E-state index in [4.69, 9.17) is 16.3 Å². The summed E-state index contributed by atoms with van der Waals surface area (Å²) in [5, 5.41) is -0.246. The molecule has 0 aromatic heterocycles. The summed E-state index contributed by atoms with van der Waals surface area (Å²) in [5.41, 5.74) is 2.04. The van der Waals surface area contributed by atoms with Crippen LogP contribution in [0.4, 0.5) is 8.78 Å². The van der Waals surface area contributed by atoms with Crippen molar-refractivity contribution >= 4 is 11.6 Å². The highest BCUT2D eigenvalue weighted by molar-refractivity contribution is 6.31. The molecule has 116 valence electrons. The maximum Gasteiger partial charge on any atom is 0.142 e. The van der Waals surface area contributed by atoms with Crippen molar-refractivity contribution in [3.8, 4) is 16.9 Å². The van der Waals surface area contributed by atoms with Crippen molar-refractivity contribution in [2.24, 2.45) is 0 Å². The monoisotopic (exact) mass is 330 g/mol. The molecule has 0 saturated heterocycles. The summed E-state index contributed by atoms with van der Waals surface area (Å²) in [6.45, 7) is -0.138. The van der Waals surface area contributed by atoms with E-state index in [1.807, 2.05) is 48.5 Å². The molecule has 0 spiro atoms.